The van der Waals surface area contributed by atoms with Crippen LogP contribution in [0.25, 0.3) is 0 Å². The number of hydrogen-bond donors (Lipinski definition) is 2. The first kappa shape index (κ1) is 17.7. The number of rotatable bonds is 3. The lowest BCUT2D eigenvalue weighted by atomic mass is 9.95. The molecule has 2 nitrogen and oxygen atoms in total. The van der Waals surface area contributed by atoms with Crippen LogP contribution in [-0.2, 0) is 12.7 Å². The average molecular weight is 342 g/mol. The van der Waals surface area contributed by atoms with Crippen molar-refractivity contribution >= 4 is 0 Å². The zero-order chi connectivity index (χ0) is 17.2. The minimum atomic E-state index is -4.25. The number of nitrogens with one attached hydrogen (secondary N) is 2. The molecule has 2 heterocycles. The van der Waals surface area contributed by atoms with Crippen molar-refractivity contribution < 1.29 is 23.0 Å². The van der Waals surface area contributed by atoms with E-state index < -0.39 is 11.7 Å². The van der Waals surface area contributed by atoms with Crippen molar-refractivity contribution in [2.75, 3.05) is 26.2 Å². The van der Waals surface area contributed by atoms with Crippen molar-refractivity contribution in [2.45, 2.75) is 51.4 Å². The van der Waals surface area contributed by atoms with Crippen LogP contribution in [0.3, 0.4) is 0 Å². The van der Waals surface area contributed by atoms with Gasteiger partial charge in [-0.15, -0.1) is 0 Å². The van der Waals surface area contributed by atoms with Crippen molar-refractivity contribution in [3.05, 3.63) is 35.4 Å². The number of piperidine rings is 2. The molecule has 5 heteroatoms. The molecule has 134 valence electrons. The SMILES string of the molecule is C[C@H]1CCC[NH+](C2CC[NH+](Cc3ccccc3C(F)(F)F)CC2)C1. The van der Waals surface area contributed by atoms with Crippen LogP contribution in [-0.4, -0.2) is 32.2 Å². The second kappa shape index (κ2) is 7.44. The molecule has 2 fully saturated rings. The smallest absolute Gasteiger partial charge is 0.332 e. The highest BCUT2D eigenvalue weighted by molar-refractivity contribution is 5.28. The number of likely N-dealkylation sites (tertiary alicyclic amines) is 2. The Kier molecular flexibility index (Phi) is 5.50. The van der Waals surface area contributed by atoms with Crippen molar-refractivity contribution in [3.8, 4) is 0 Å². The Labute approximate surface area is 142 Å². The number of halogens is 3. The van der Waals surface area contributed by atoms with Gasteiger partial charge in [0.25, 0.3) is 0 Å². The Morgan fingerprint density at radius 2 is 1.75 bits per heavy atom. The molecule has 0 bridgehead atoms. The molecule has 1 aromatic rings. The predicted molar refractivity (Wildman–Crippen MR) is 88.0 cm³/mol. The fourth-order valence-electron chi connectivity index (χ4n) is 4.53. The van der Waals surface area contributed by atoms with E-state index in [1.54, 1.807) is 17.0 Å². The van der Waals surface area contributed by atoms with E-state index in [4.69, 9.17) is 0 Å². The van der Waals surface area contributed by atoms with Gasteiger partial charge in [0.05, 0.1) is 37.8 Å². The van der Waals surface area contributed by atoms with E-state index in [2.05, 4.69) is 6.92 Å². The maximum Gasteiger partial charge on any atom is 0.416 e. The molecule has 1 unspecified atom stereocenters. The zero-order valence-electron chi connectivity index (χ0n) is 14.5. The molecule has 0 amide bonds. The summed E-state index contributed by atoms with van der Waals surface area (Å²) >= 11 is 0. The fourth-order valence-corrected chi connectivity index (χ4v) is 4.53. The van der Waals surface area contributed by atoms with Crippen LogP contribution < -0.4 is 9.80 Å². The molecule has 0 saturated carbocycles. The van der Waals surface area contributed by atoms with Gasteiger partial charge in [0, 0.05) is 24.3 Å². The lowest BCUT2D eigenvalue weighted by Crippen LogP contribution is -3.21. The number of alkyl halides is 3. The van der Waals surface area contributed by atoms with Crippen molar-refractivity contribution in [2.24, 2.45) is 5.92 Å². The molecule has 24 heavy (non-hydrogen) atoms. The van der Waals surface area contributed by atoms with E-state index in [0.717, 1.165) is 31.8 Å². The van der Waals surface area contributed by atoms with E-state index in [1.165, 1.54) is 43.0 Å². The lowest BCUT2D eigenvalue weighted by Gasteiger charge is -2.38. The summed E-state index contributed by atoms with van der Waals surface area (Å²) in [4.78, 5) is 3.04. The van der Waals surface area contributed by atoms with E-state index in [9.17, 15) is 13.2 Å². The van der Waals surface area contributed by atoms with Gasteiger partial charge in [0.15, 0.2) is 0 Å². The molecular formula is C19H29F3N2+2. The Balaban J connectivity index is 1.56. The topological polar surface area (TPSA) is 8.88 Å². The second-order valence-corrected chi connectivity index (χ2v) is 7.72. The molecule has 0 aromatic heterocycles. The number of hydrogen-bond acceptors (Lipinski definition) is 0. The lowest BCUT2D eigenvalue weighted by molar-refractivity contribution is -0.967. The van der Waals surface area contributed by atoms with Gasteiger partial charge in [-0.3, -0.25) is 0 Å². The van der Waals surface area contributed by atoms with Crippen LogP contribution in [0.15, 0.2) is 24.3 Å². The molecule has 2 aliphatic heterocycles. The highest BCUT2D eigenvalue weighted by Gasteiger charge is 2.36. The maximum atomic E-state index is 13.1. The first-order chi connectivity index (χ1) is 11.4. The molecule has 2 atom stereocenters. The van der Waals surface area contributed by atoms with Gasteiger partial charge in [-0.1, -0.05) is 25.1 Å². The van der Waals surface area contributed by atoms with Crippen molar-refractivity contribution in [1.82, 2.24) is 0 Å². The van der Waals surface area contributed by atoms with Gasteiger partial charge in [0.1, 0.15) is 6.54 Å². The fraction of sp³-hybridized carbons (Fsp3) is 0.684. The summed E-state index contributed by atoms with van der Waals surface area (Å²) in [6, 6.07) is 6.76. The number of benzene rings is 1. The largest absolute Gasteiger partial charge is 0.416 e. The molecule has 0 radical (unpaired) electrons. The van der Waals surface area contributed by atoms with Gasteiger partial charge >= 0.3 is 6.18 Å². The van der Waals surface area contributed by atoms with Gasteiger partial charge < -0.3 is 9.80 Å². The third-order valence-electron chi connectivity index (χ3n) is 5.84. The van der Waals surface area contributed by atoms with Crippen LogP contribution in [0.4, 0.5) is 13.2 Å². The summed E-state index contributed by atoms with van der Waals surface area (Å²) in [5.41, 5.74) is -0.0208. The van der Waals surface area contributed by atoms with Gasteiger partial charge in [-0.2, -0.15) is 13.2 Å². The standard InChI is InChI=1S/C19H27F3N2/c1-15-5-4-10-24(13-15)17-8-11-23(12-9-17)14-16-6-2-3-7-18(16)19(20,21)22/h2-3,6-7,15,17H,4-5,8-14H2,1H3/p+2/t15-/m0/s1. The molecular weight excluding hydrogens is 313 g/mol. The Morgan fingerprint density at radius 1 is 1.04 bits per heavy atom. The molecule has 0 aliphatic carbocycles. The van der Waals surface area contributed by atoms with Crippen LogP contribution in [0.2, 0.25) is 0 Å². The normalized spacial score (nSPS) is 31.8. The summed E-state index contributed by atoms with van der Waals surface area (Å²) in [5, 5.41) is 0. The third kappa shape index (κ3) is 4.31. The van der Waals surface area contributed by atoms with Gasteiger partial charge in [-0.05, 0) is 18.9 Å². The van der Waals surface area contributed by atoms with Crippen molar-refractivity contribution in [1.29, 1.82) is 0 Å². The number of quaternary nitrogens is 2. The summed E-state index contributed by atoms with van der Waals surface area (Å²) in [6.07, 6.45) is 0.712. The first-order valence-electron chi connectivity index (χ1n) is 9.26. The van der Waals surface area contributed by atoms with Gasteiger partial charge in [0.2, 0.25) is 0 Å². The molecule has 2 aliphatic rings. The first-order valence-corrected chi connectivity index (χ1v) is 9.26. The minimum absolute atomic E-state index is 0.442. The summed E-state index contributed by atoms with van der Waals surface area (Å²) in [7, 11) is 0. The van der Waals surface area contributed by atoms with E-state index in [0.29, 0.717) is 18.2 Å². The molecule has 2 N–H and O–H groups in total. The van der Waals surface area contributed by atoms with E-state index in [1.807, 2.05) is 0 Å². The summed E-state index contributed by atoms with van der Waals surface area (Å²) < 4.78 is 39.4. The van der Waals surface area contributed by atoms with Crippen LogP contribution in [0, 0.1) is 5.92 Å². The quantitative estimate of drug-likeness (QED) is 0.825. The third-order valence-corrected chi connectivity index (χ3v) is 5.84. The maximum absolute atomic E-state index is 13.1. The summed E-state index contributed by atoms with van der Waals surface area (Å²) in [5.74, 6) is 0.817. The Hall–Kier alpha value is -1.07. The highest BCUT2D eigenvalue weighted by atomic mass is 19.4. The molecule has 0 spiro atoms. The zero-order valence-corrected chi connectivity index (χ0v) is 14.5. The van der Waals surface area contributed by atoms with E-state index >= 15 is 0 Å². The predicted octanol–water partition coefficient (Wildman–Crippen LogP) is 1.57. The van der Waals surface area contributed by atoms with Gasteiger partial charge in [-0.25, -0.2) is 0 Å². The van der Waals surface area contributed by atoms with Crippen LogP contribution >= 0.6 is 0 Å². The molecule has 2 saturated heterocycles. The van der Waals surface area contributed by atoms with Crippen molar-refractivity contribution in [3.63, 3.8) is 0 Å². The van der Waals surface area contributed by atoms with Crippen LogP contribution in [0.5, 0.6) is 0 Å². The summed E-state index contributed by atoms with van der Waals surface area (Å²) in [6.45, 7) is 7.38. The molecule has 1 aromatic carbocycles. The molecule has 3 rings (SSSR count). The highest BCUT2D eigenvalue weighted by Crippen LogP contribution is 2.31. The minimum Gasteiger partial charge on any atom is -0.332 e. The Bertz CT molecular complexity index is 536. The van der Waals surface area contributed by atoms with Crippen LogP contribution in [0.1, 0.15) is 43.7 Å². The van der Waals surface area contributed by atoms with E-state index in [-0.39, 0.29) is 0 Å². The monoisotopic (exact) mass is 342 g/mol. The average Bonchev–Trinajstić information content (AvgIpc) is 2.55. The Morgan fingerprint density at radius 3 is 2.42 bits per heavy atom. The second-order valence-electron chi connectivity index (χ2n) is 7.72.